The van der Waals surface area contributed by atoms with Crippen molar-refractivity contribution in [2.45, 2.75) is 81.1 Å². The zero-order chi connectivity index (χ0) is 21.1. The van der Waals surface area contributed by atoms with Crippen molar-refractivity contribution in [3.05, 3.63) is 35.9 Å². The molecule has 8 nitrogen and oxygen atoms in total. The standard InChI is InChI=1S/C22H30O8/c1-26-17(23)11-14-7-8-16-20(28-14)19(25)22-21(30-16)18(24)15(29-22)9-10-27-12-13-5-3-2-4-6-13/h2-6,14-16,18-22,24-25H,7-12H2,1H3/t14?,15?,16-,18+,19-,20-,21-,22-/m0/s1. The first-order chi connectivity index (χ1) is 14.6. The molecule has 166 valence electrons. The molecule has 1 aromatic carbocycles. The van der Waals surface area contributed by atoms with E-state index in [1.807, 2.05) is 30.3 Å². The van der Waals surface area contributed by atoms with Gasteiger partial charge >= 0.3 is 5.97 Å². The molecule has 4 rings (SSSR count). The summed E-state index contributed by atoms with van der Waals surface area (Å²) in [4.78, 5) is 11.5. The van der Waals surface area contributed by atoms with Crippen molar-refractivity contribution in [1.29, 1.82) is 0 Å². The van der Waals surface area contributed by atoms with Gasteiger partial charge in [-0.25, -0.2) is 0 Å². The number of methoxy groups -OCH3 is 1. The highest BCUT2D eigenvalue weighted by atomic mass is 16.6. The maximum absolute atomic E-state index is 11.5. The zero-order valence-electron chi connectivity index (χ0n) is 17.1. The smallest absolute Gasteiger partial charge is 0.308 e. The molecular weight excluding hydrogens is 392 g/mol. The van der Waals surface area contributed by atoms with Gasteiger partial charge in [0.1, 0.15) is 30.5 Å². The Labute approximate surface area is 176 Å². The summed E-state index contributed by atoms with van der Waals surface area (Å²) in [5.41, 5.74) is 1.08. The maximum atomic E-state index is 11.5. The van der Waals surface area contributed by atoms with Gasteiger partial charge in [-0.3, -0.25) is 4.79 Å². The van der Waals surface area contributed by atoms with Crippen LogP contribution in [0.25, 0.3) is 0 Å². The van der Waals surface area contributed by atoms with E-state index < -0.39 is 36.6 Å². The number of carbonyl (C=O) groups excluding carboxylic acids is 1. The van der Waals surface area contributed by atoms with E-state index in [0.29, 0.717) is 32.5 Å². The predicted octanol–water partition coefficient (Wildman–Crippen LogP) is 0.961. The third-order valence-electron chi connectivity index (χ3n) is 6.15. The number of benzene rings is 1. The molecule has 3 aliphatic heterocycles. The molecule has 3 aliphatic rings. The average molecular weight is 422 g/mol. The topological polar surface area (TPSA) is 104 Å². The summed E-state index contributed by atoms with van der Waals surface area (Å²) in [6, 6.07) is 9.87. The van der Waals surface area contributed by atoms with Crippen LogP contribution in [0.1, 0.15) is 31.2 Å². The summed E-state index contributed by atoms with van der Waals surface area (Å²) in [7, 11) is 1.34. The normalized spacial score (nSPS) is 38.0. The van der Waals surface area contributed by atoms with Crippen LogP contribution in [-0.4, -0.2) is 78.7 Å². The third kappa shape index (κ3) is 4.69. The fourth-order valence-corrected chi connectivity index (χ4v) is 4.55. The third-order valence-corrected chi connectivity index (χ3v) is 6.15. The van der Waals surface area contributed by atoms with Crippen LogP contribution in [-0.2, 0) is 35.1 Å². The first-order valence-corrected chi connectivity index (χ1v) is 10.6. The van der Waals surface area contributed by atoms with Gasteiger partial charge in [0.2, 0.25) is 0 Å². The van der Waals surface area contributed by atoms with E-state index in [4.69, 9.17) is 23.7 Å². The molecule has 3 fully saturated rings. The van der Waals surface area contributed by atoms with Gasteiger partial charge in [-0.1, -0.05) is 30.3 Å². The molecule has 3 heterocycles. The van der Waals surface area contributed by atoms with Crippen LogP contribution < -0.4 is 0 Å². The van der Waals surface area contributed by atoms with Crippen molar-refractivity contribution in [3.8, 4) is 0 Å². The summed E-state index contributed by atoms with van der Waals surface area (Å²) >= 11 is 0. The second-order valence-electron chi connectivity index (χ2n) is 8.17. The van der Waals surface area contributed by atoms with Gasteiger partial charge in [0.25, 0.3) is 0 Å². The van der Waals surface area contributed by atoms with E-state index in [1.54, 1.807) is 0 Å². The predicted molar refractivity (Wildman–Crippen MR) is 105 cm³/mol. The first-order valence-electron chi connectivity index (χ1n) is 10.6. The molecule has 0 spiro atoms. The summed E-state index contributed by atoms with van der Waals surface area (Å²) in [6.45, 7) is 0.923. The fourth-order valence-electron chi connectivity index (χ4n) is 4.55. The fraction of sp³-hybridized carbons (Fsp3) is 0.682. The van der Waals surface area contributed by atoms with Gasteiger partial charge in [-0.2, -0.15) is 0 Å². The van der Waals surface area contributed by atoms with Crippen molar-refractivity contribution in [2.24, 2.45) is 0 Å². The Kier molecular flexibility index (Phi) is 7.02. The van der Waals surface area contributed by atoms with Crippen molar-refractivity contribution in [3.63, 3.8) is 0 Å². The average Bonchev–Trinajstić information content (AvgIpc) is 3.08. The summed E-state index contributed by atoms with van der Waals surface area (Å²) in [6.07, 6.45) is -2.83. The molecule has 0 amide bonds. The van der Waals surface area contributed by atoms with E-state index in [0.717, 1.165) is 5.56 Å². The Hall–Kier alpha value is -1.55. The number of fused-ring (bicyclic) bond motifs is 2. The minimum absolute atomic E-state index is 0.144. The van der Waals surface area contributed by atoms with Crippen LogP contribution in [0.4, 0.5) is 0 Å². The number of hydrogen-bond acceptors (Lipinski definition) is 8. The van der Waals surface area contributed by atoms with Crippen molar-refractivity contribution in [1.82, 2.24) is 0 Å². The monoisotopic (exact) mass is 422 g/mol. The molecule has 0 aromatic heterocycles. The molecule has 0 aliphatic carbocycles. The van der Waals surface area contributed by atoms with Crippen molar-refractivity contribution < 1.29 is 38.7 Å². The Morgan fingerprint density at radius 2 is 1.80 bits per heavy atom. The SMILES string of the molecule is COC(=O)CC1CC[C@@H]2O[C@@H]3[C@@H](OC(CCOCc4ccccc4)[C@H]3O)[C@@H](O)[C@H]2O1. The molecule has 1 aromatic rings. The number of carbonyl (C=O) groups is 1. The van der Waals surface area contributed by atoms with Crippen LogP contribution in [0.3, 0.4) is 0 Å². The lowest BCUT2D eigenvalue weighted by atomic mass is 9.88. The Balaban J connectivity index is 1.29. The lowest BCUT2D eigenvalue weighted by Crippen LogP contribution is -2.61. The largest absolute Gasteiger partial charge is 0.469 e. The molecule has 2 unspecified atom stereocenters. The van der Waals surface area contributed by atoms with Crippen LogP contribution in [0, 0.1) is 0 Å². The van der Waals surface area contributed by atoms with E-state index >= 15 is 0 Å². The quantitative estimate of drug-likeness (QED) is 0.495. The second-order valence-corrected chi connectivity index (χ2v) is 8.17. The zero-order valence-corrected chi connectivity index (χ0v) is 17.1. The number of hydrogen-bond donors (Lipinski definition) is 2. The molecule has 30 heavy (non-hydrogen) atoms. The number of aliphatic hydroxyl groups excluding tert-OH is 2. The number of aliphatic hydroxyl groups is 2. The Bertz CT molecular complexity index is 698. The molecule has 8 heteroatoms. The molecule has 2 N–H and O–H groups in total. The van der Waals surface area contributed by atoms with Gasteiger partial charge in [0, 0.05) is 6.61 Å². The Morgan fingerprint density at radius 3 is 2.57 bits per heavy atom. The molecule has 3 saturated heterocycles. The van der Waals surface area contributed by atoms with Crippen LogP contribution in [0.5, 0.6) is 0 Å². The number of rotatable bonds is 7. The highest BCUT2D eigenvalue weighted by Crippen LogP contribution is 2.39. The molecule has 0 radical (unpaired) electrons. The molecule has 8 atom stereocenters. The highest BCUT2D eigenvalue weighted by Gasteiger charge is 2.56. The van der Waals surface area contributed by atoms with E-state index in [-0.39, 0.29) is 24.6 Å². The molecule has 0 saturated carbocycles. The molecule has 0 bridgehead atoms. The lowest BCUT2D eigenvalue weighted by molar-refractivity contribution is -0.259. The number of esters is 1. The van der Waals surface area contributed by atoms with E-state index in [1.165, 1.54) is 7.11 Å². The highest BCUT2D eigenvalue weighted by molar-refractivity contribution is 5.69. The summed E-state index contributed by atoms with van der Waals surface area (Å²) < 4.78 is 28.4. The van der Waals surface area contributed by atoms with Gasteiger partial charge in [0.05, 0.1) is 38.4 Å². The summed E-state index contributed by atoms with van der Waals surface area (Å²) in [5, 5.41) is 21.5. The van der Waals surface area contributed by atoms with Gasteiger partial charge in [-0.15, -0.1) is 0 Å². The lowest BCUT2D eigenvalue weighted by Gasteiger charge is -2.46. The molecular formula is C22H30O8. The van der Waals surface area contributed by atoms with Gasteiger partial charge < -0.3 is 33.9 Å². The van der Waals surface area contributed by atoms with Gasteiger partial charge in [0.15, 0.2) is 0 Å². The van der Waals surface area contributed by atoms with E-state index in [9.17, 15) is 15.0 Å². The van der Waals surface area contributed by atoms with E-state index in [2.05, 4.69) is 0 Å². The minimum atomic E-state index is -0.931. The van der Waals surface area contributed by atoms with Gasteiger partial charge in [-0.05, 0) is 24.8 Å². The minimum Gasteiger partial charge on any atom is -0.469 e. The Morgan fingerprint density at radius 1 is 1.03 bits per heavy atom. The maximum Gasteiger partial charge on any atom is 0.308 e. The second kappa shape index (κ2) is 9.72. The van der Waals surface area contributed by atoms with Crippen molar-refractivity contribution >= 4 is 5.97 Å². The van der Waals surface area contributed by atoms with Crippen LogP contribution in [0.2, 0.25) is 0 Å². The van der Waals surface area contributed by atoms with Crippen LogP contribution >= 0.6 is 0 Å². The first kappa shape index (κ1) is 21.7. The van der Waals surface area contributed by atoms with Crippen LogP contribution in [0.15, 0.2) is 30.3 Å². The number of ether oxygens (including phenoxy) is 5. The van der Waals surface area contributed by atoms with Crippen molar-refractivity contribution in [2.75, 3.05) is 13.7 Å². The summed E-state index contributed by atoms with van der Waals surface area (Å²) in [5.74, 6) is -0.342.